The van der Waals surface area contributed by atoms with Crippen LogP contribution in [-0.4, -0.2) is 59.2 Å². The Bertz CT molecular complexity index is 1070. The predicted molar refractivity (Wildman–Crippen MR) is 138 cm³/mol. The first kappa shape index (κ1) is 26.1. The number of aryl methyl sites for hydroxylation is 2. The number of halogens is 1. The van der Waals surface area contributed by atoms with E-state index in [0.717, 1.165) is 11.1 Å². The van der Waals surface area contributed by atoms with Crippen LogP contribution in [0.1, 0.15) is 19.1 Å². The maximum atomic E-state index is 4.03. The SMILES string of the molecule is C.Cc1nnc(-c2cc[c]([Sn]([CH3])([CH3])[CH3])cc2)nn1.Cc1nnc(-c2ccc(I)cc2)nn1. The molecule has 0 N–H and O–H groups in total. The minimum atomic E-state index is -1.95. The summed E-state index contributed by atoms with van der Waals surface area (Å²) in [5.41, 5.74) is 1.91. The van der Waals surface area contributed by atoms with Crippen molar-refractivity contribution < 1.29 is 0 Å². The molecule has 0 radical (unpaired) electrons. The molecule has 0 aliphatic heterocycles. The van der Waals surface area contributed by atoms with Gasteiger partial charge in [-0.1, -0.05) is 19.6 Å². The Morgan fingerprint density at radius 1 is 0.562 bits per heavy atom. The van der Waals surface area contributed by atoms with Gasteiger partial charge in [0.05, 0.1) is 0 Å². The van der Waals surface area contributed by atoms with Gasteiger partial charge in [0.15, 0.2) is 5.82 Å². The van der Waals surface area contributed by atoms with E-state index in [1.165, 1.54) is 7.15 Å². The molecule has 0 aliphatic carbocycles. The standard InChI is InChI=1S/C9H7IN4.C9H7N4.CH4.3CH3.Sn/c1-6-11-13-9(14-12-6)7-2-4-8(10)5-3-7;1-7-10-12-9(13-11-7)8-5-3-2-4-6-8;;;;;/h2-5H,1H3;3-6H,1H3;1H4;3*1H3;. The van der Waals surface area contributed by atoms with Crippen molar-refractivity contribution in [3.05, 3.63) is 63.7 Å². The third-order valence-corrected chi connectivity index (χ3v) is 10.9. The molecule has 166 valence electrons. The number of hydrogen-bond donors (Lipinski definition) is 0. The number of nitrogens with zero attached hydrogens (tertiary/aromatic N) is 8. The largest absolute Gasteiger partial charge is 0.203 e. The average molecular weight is 649 g/mol. The molecule has 2 aromatic heterocycles. The summed E-state index contributed by atoms with van der Waals surface area (Å²) >= 11 is 0.297. The zero-order valence-corrected chi connectivity index (χ0v) is 23.1. The number of aromatic nitrogens is 8. The summed E-state index contributed by atoms with van der Waals surface area (Å²) in [6.45, 7) is 3.54. The second-order valence-corrected chi connectivity index (χ2v) is 23.6. The minimum Gasteiger partial charge on any atom is -0.131 e. The smallest absolute Gasteiger partial charge is 0.131 e. The quantitative estimate of drug-likeness (QED) is 0.240. The van der Waals surface area contributed by atoms with Gasteiger partial charge >= 0.3 is 106 Å². The summed E-state index contributed by atoms with van der Waals surface area (Å²) in [4.78, 5) is 7.19. The van der Waals surface area contributed by atoms with Crippen LogP contribution in [-0.2, 0) is 0 Å². The molecular weight excluding hydrogens is 622 g/mol. The van der Waals surface area contributed by atoms with Crippen molar-refractivity contribution in [1.82, 2.24) is 40.8 Å². The van der Waals surface area contributed by atoms with Gasteiger partial charge in [-0.3, -0.25) is 0 Å². The van der Waals surface area contributed by atoms with Crippen molar-refractivity contribution in [2.45, 2.75) is 36.1 Å². The molecule has 0 saturated heterocycles. The monoisotopic (exact) mass is 650 g/mol. The van der Waals surface area contributed by atoms with E-state index in [4.69, 9.17) is 0 Å². The molecule has 4 rings (SSSR count). The van der Waals surface area contributed by atoms with Crippen LogP contribution in [0.15, 0.2) is 48.5 Å². The van der Waals surface area contributed by atoms with Gasteiger partial charge in [-0.15, -0.1) is 20.4 Å². The Morgan fingerprint density at radius 2 is 0.906 bits per heavy atom. The van der Waals surface area contributed by atoms with Gasteiger partial charge in [-0.2, -0.15) is 0 Å². The molecule has 10 heteroatoms. The van der Waals surface area contributed by atoms with Crippen LogP contribution >= 0.6 is 22.6 Å². The molecule has 8 nitrogen and oxygen atoms in total. The van der Waals surface area contributed by atoms with Crippen molar-refractivity contribution in [2.24, 2.45) is 0 Å². The maximum Gasteiger partial charge on any atom is 0.203 e. The molecule has 0 unspecified atom stereocenters. The molecule has 2 heterocycles. The minimum absolute atomic E-state index is 0. The zero-order chi connectivity index (χ0) is 22.4. The molecule has 0 fully saturated rings. The average Bonchev–Trinajstić information content (AvgIpc) is 2.75. The summed E-state index contributed by atoms with van der Waals surface area (Å²) in [5, 5.41) is 31.5. The van der Waals surface area contributed by atoms with Gasteiger partial charge in [0, 0.05) is 9.13 Å². The topological polar surface area (TPSA) is 103 Å². The molecule has 32 heavy (non-hydrogen) atoms. The van der Waals surface area contributed by atoms with Gasteiger partial charge in [-0.05, 0) is 41.6 Å². The first-order valence-corrected chi connectivity index (χ1v) is 20.7. The summed E-state index contributed by atoms with van der Waals surface area (Å²) in [7, 11) is 0. The third kappa shape index (κ3) is 7.47. The van der Waals surface area contributed by atoms with E-state index in [0.29, 0.717) is 23.3 Å². The van der Waals surface area contributed by atoms with Crippen LogP contribution in [0.2, 0.25) is 14.8 Å². The maximum absolute atomic E-state index is 4.03. The molecular formula is C22H27IN8Sn. The molecule has 2 aromatic carbocycles. The van der Waals surface area contributed by atoms with Gasteiger partial charge in [0.25, 0.3) is 0 Å². The normalized spacial score (nSPS) is 10.6. The summed E-state index contributed by atoms with van der Waals surface area (Å²) in [6.07, 6.45) is 0. The van der Waals surface area contributed by atoms with E-state index < -0.39 is 18.4 Å². The van der Waals surface area contributed by atoms with Gasteiger partial charge < -0.3 is 0 Å². The van der Waals surface area contributed by atoms with Crippen molar-refractivity contribution in [3.63, 3.8) is 0 Å². The molecule has 0 amide bonds. The van der Waals surface area contributed by atoms with Crippen molar-refractivity contribution in [2.75, 3.05) is 0 Å². The Hall–Kier alpha value is -2.15. The van der Waals surface area contributed by atoms with Gasteiger partial charge in [0.2, 0.25) is 5.82 Å². The Balaban J connectivity index is 0.000000224. The molecule has 0 atom stereocenters. The first-order chi connectivity index (χ1) is 14.7. The van der Waals surface area contributed by atoms with E-state index in [-0.39, 0.29) is 7.43 Å². The van der Waals surface area contributed by atoms with Crippen molar-refractivity contribution in [1.29, 1.82) is 0 Å². The zero-order valence-electron chi connectivity index (χ0n) is 18.1. The molecule has 0 bridgehead atoms. The van der Waals surface area contributed by atoms with E-state index in [9.17, 15) is 0 Å². The Kier molecular flexibility index (Phi) is 9.49. The fourth-order valence-electron chi connectivity index (χ4n) is 2.51. The number of hydrogen-bond acceptors (Lipinski definition) is 8. The second-order valence-electron chi connectivity index (χ2n) is 7.88. The van der Waals surface area contributed by atoms with E-state index >= 15 is 0 Å². The predicted octanol–water partition coefficient (Wildman–Crippen LogP) is 4.27. The number of rotatable bonds is 3. The van der Waals surface area contributed by atoms with Crippen LogP contribution in [0.25, 0.3) is 22.8 Å². The van der Waals surface area contributed by atoms with E-state index in [1.54, 1.807) is 13.8 Å². The van der Waals surface area contributed by atoms with Crippen molar-refractivity contribution in [3.8, 4) is 22.8 Å². The van der Waals surface area contributed by atoms with E-state index in [2.05, 4.69) is 102 Å². The summed E-state index contributed by atoms with van der Waals surface area (Å²) < 4.78 is 2.68. The fraction of sp³-hybridized carbons (Fsp3) is 0.273. The van der Waals surface area contributed by atoms with Crippen LogP contribution in [0.4, 0.5) is 0 Å². The Labute approximate surface area is 206 Å². The molecule has 0 spiro atoms. The second kappa shape index (κ2) is 11.6. The molecule has 0 aliphatic rings. The summed E-state index contributed by atoms with van der Waals surface area (Å²) in [6, 6.07) is 16.4. The van der Waals surface area contributed by atoms with Gasteiger partial charge in [0.1, 0.15) is 0 Å². The van der Waals surface area contributed by atoms with E-state index in [1.807, 2.05) is 24.3 Å². The molecule has 0 saturated carbocycles. The van der Waals surface area contributed by atoms with Gasteiger partial charge in [-0.25, -0.2) is 0 Å². The molecule has 4 aromatic rings. The van der Waals surface area contributed by atoms with Crippen LogP contribution in [0.5, 0.6) is 0 Å². The van der Waals surface area contributed by atoms with Crippen LogP contribution in [0, 0.1) is 17.4 Å². The fourth-order valence-corrected chi connectivity index (χ4v) is 6.20. The van der Waals surface area contributed by atoms with Crippen LogP contribution in [0.3, 0.4) is 0 Å². The number of benzene rings is 2. The third-order valence-electron chi connectivity index (χ3n) is 4.27. The van der Waals surface area contributed by atoms with Crippen LogP contribution < -0.4 is 3.58 Å². The summed E-state index contributed by atoms with van der Waals surface area (Å²) in [5.74, 6) is 2.33. The Morgan fingerprint density at radius 3 is 1.25 bits per heavy atom. The van der Waals surface area contributed by atoms with Crippen molar-refractivity contribution >= 4 is 44.5 Å². The first-order valence-electron chi connectivity index (χ1n) is 9.67.